The van der Waals surface area contributed by atoms with Crippen molar-refractivity contribution in [3.8, 4) is 0 Å². The van der Waals surface area contributed by atoms with E-state index in [-0.39, 0.29) is 4.90 Å². The molecule has 27 heavy (non-hydrogen) atoms. The van der Waals surface area contributed by atoms with Crippen LogP contribution in [0.25, 0.3) is 11.0 Å². The first-order valence-electron chi connectivity index (χ1n) is 9.30. The number of hydrogen-bond donors (Lipinski definition) is 2. The number of hydrogen-bond acceptors (Lipinski definition) is 4. The van der Waals surface area contributed by atoms with Crippen LogP contribution in [0.4, 0.5) is 5.69 Å². The number of likely N-dealkylation sites (tertiary alicyclic amines) is 1. The van der Waals surface area contributed by atoms with Crippen molar-refractivity contribution in [2.45, 2.75) is 37.6 Å². The van der Waals surface area contributed by atoms with Crippen LogP contribution < -0.4 is 4.72 Å². The van der Waals surface area contributed by atoms with Crippen LogP contribution >= 0.6 is 0 Å². The SMILES string of the molecule is Cc1ccc(S(=O)(=O)Nc2ccc3nc(CN4CCCCC4)[nH]c3c2)cc1. The minimum Gasteiger partial charge on any atom is -0.341 e. The molecule has 0 bridgehead atoms. The quantitative estimate of drug-likeness (QED) is 0.704. The number of sulfonamides is 1. The Morgan fingerprint density at radius 3 is 2.56 bits per heavy atom. The summed E-state index contributed by atoms with van der Waals surface area (Å²) in [6.07, 6.45) is 3.79. The van der Waals surface area contributed by atoms with Crippen molar-refractivity contribution in [1.82, 2.24) is 14.9 Å². The lowest BCUT2D eigenvalue weighted by atomic mass is 10.1. The minimum atomic E-state index is -3.61. The van der Waals surface area contributed by atoms with Crippen molar-refractivity contribution >= 4 is 26.7 Å². The van der Waals surface area contributed by atoms with Gasteiger partial charge in [0.05, 0.1) is 28.2 Å². The van der Waals surface area contributed by atoms with Gasteiger partial charge in [-0.1, -0.05) is 24.1 Å². The van der Waals surface area contributed by atoms with Gasteiger partial charge in [-0.25, -0.2) is 13.4 Å². The molecule has 7 heteroatoms. The molecule has 0 aliphatic carbocycles. The third-order valence-corrected chi connectivity index (χ3v) is 6.33. The summed E-state index contributed by atoms with van der Waals surface area (Å²) in [7, 11) is -3.61. The largest absolute Gasteiger partial charge is 0.341 e. The molecule has 2 N–H and O–H groups in total. The number of aromatic nitrogens is 2. The summed E-state index contributed by atoms with van der Waals surface area (Å²) in [6, 6.07) is 12.2. The summed E-state index contributed by atoms with van der Waals surface area (Å²) >= 11 is 0. The smallest absolute Gasteiger partial charge is 0.261 e. The summed E-state index contributed by atoms with van der Waals surface area (Å²) < 4.78 is 27.8. The highest BCUT2D eigenvalue weighted by molar-refractivity contribution is 7.92. The molecule has 1 fully saturated rings. The molecular weight excluding hydrogens is 360 g/mol. The third-order valence-electron chi connectivity index (χ3n) is 4.94. The zero-order chi connectivity index (χ0) is 18.9. The third kappa shape index (κ3) is 4.14. The minimum absolute atomic E-state index is 0.253. The predicted octanol–water partition coefficient (Wildman–Crippen LogP) is 3.66. The molecule has 2 aromatic carbocycles. The summed E-state index contributed by atoms with van der Waals surface area (Å²) in [6.45, 7) is 4.95. The van der Waals surface area contributed by atoms with E-state index in [9.17, 15) is 8.42 Å². The number of fused-ring (bicyclic) bond motifs is 1. The zero-order valence-corrected chi connectivity index (χ0v) is 16.2. The van der Waals surface area contributed by atoms with Crippen LogP contribution in [0.3, 0.4) is 0 Å². The summed E-state index contributed by atoms with van der Waals surface area (Å²) in [5, 5.41) is 0. The van der Waals surface area contributed by atoms with Gasteiger partial charge < -0.3 is 4.98 Å². The van der Waals surface area contributed by atoms with Gasteiger partial charge in [-0.2, -0.15) is 0 Å². The molecule has 1 saturated heterocycles. The first kappa shape index (κ1) is 18.0. The van der Waals surface area contributed by atoms with Crippen LogP contribution in [0.15, 0.2) is 47.4 Å². The molecule has 2 heterocycles. The molecule has 1 aliphatic rings. The van der Waals surface area contributed by atoms with Crippen molar-refractivity contribution in [2.75, 3.05) is 17.8 Å². The van der Waals surface area contributed by atoms with E-state index in [0.29, 0.717) is 5.69 Å². The van der Waals surface area contributed by atoms with Gasteiger partial charge in [0.1, 0.15) is 5.82 Å². The van der Waals surface area contributed by atoms with E-state index in [1.54, 1.807) is 36.4 Å². The van der Waals surface area contributed by atoms with Gasteiger partial charge in [0, 0.05) is 0 Å². The molecule has 0 spiro atoms. The van der Waals surface area contributed by atoms with Crippen molar-refractivity contribution in [2.24, 2.45) is 0 Å². The standard InChI is InChI=1S/C20H24N4O2S/c1-15-5-8-17(9-6-15)27(25,26)23-16-7-10-18-19(13-16)22-20(21-18)14-24-11-3-2-4-12-24/h5-10,13,23H,2-4,11-12,14H2,1H3,(H,21,22). The molecule has 6 nitrogen and oxygen atoms in total. The highest BCUT2D eigenvalue weighted by Gasteiger charge is 2.16. The molecule has 0 atom stereocenters. The second-order valence-corrected chi connectivity index (χ2v) is 8.85. The van der Waals surface area contributed by atoms with E-state index in [1.807, 2.05) is 13.0 Å². The van der Waals surface area contributed by atoms with Crippen LogP contribution in [0.5, 0.6) is 0 Å². The van der Waals surface area contributed by atoms with E-state index in [2.05, 4.69) is 19.6 Å². The molecule has 1 aromatic heterocycles. The van der Waals surface area contributed by atoms with Crippen LogP contribution in [0, 0.1) is 6.92 Å². The molecule has 0 saturated carbocycles. The Bertz CT molecular complexity index is 1040. The highest BCUT2D eigenvalue weighted by atomic mass is 32.2. The van der Waals surface area contributed by atoms with Gasteiger partial charge in [0.2, 0.25) is 0 Å². The zero-order valence-electron chi connectivity index (χ0n) is 15.4. The molecular formula is C20H24N4O2S. The van der Waals surface area contributed by atoms with Crippen LogP contribution in [-0.4, -0.2) is 36.4 Å². The Balaban J connectivity index is 1.53. The average Bonchev–Trinajstić information content (AvgIpc) is 3.04. The van der Waals surface area contributed by atoms with Crippen LogP contribution in [0.1, 0.15) is 30.7 Å². The average molecular weight is 385 g/mol. The van der Waals surface area contributed by atoms with Gasteiger partial charge in [0.15, 0.2) is 0 Å². The van der Waals surface area contributed by atoms with Gasteiger partial charge in [-0.15, -0.1) is 0 Å². The van der Waals surface area contributed by atoms with Crippen molar-refractivity contribution in [3.63, 3.8) is 0 Å². The predicted molar refractivity (Wildman–Crippen MR) is 107 cm³/mol. The number of imidazole rings is 1. The number of aryl methyl sites for hydroxylation is 1. The van der Waals surface area contributed by atoms with Crippen LogP contribution in [0.2, 0.25) is 0 Å². The number of nitrogens with zero attached hydrogens (tertiary/aromatic N) is 2. The maximum Gasteiger partial charge on any atom is 0.261 e. The molecule has 4 rings (SSSR count). The highest BCUT2D eigenvalue weighted by Crippen LogP contribution is 2.22. The Labute approximate surface area is 159 Å². The molecule has 0 unspecified atom stereocenters. The lowest BCUT2D eigenvalue weighted by molar-refractivity contribution is 0.216. The summed E-state index contributed by atoms with van der Waals surface area (Å²) in [5.74, 6) is 0.922. The fraction of sp³-hybridized carbons (Fsp3) is 0.350. The molecule has 1 aliphatic heterocycles. The Morgan fingerprint density at radius 1 is 1.07 bits per heavy atom. The van der Waals surface area contributed by atoms with E-state index in [0.717, 1.165) is 42.1 Å². The topological polar surface area (TPSA) is 78.1 Å². The monoisotopic (exact) mass is 384 g/mol. The first-order valence-corrected chi connectivity index (χ1v) is 10.8. The Morgan fingerprint density at radius 2 is 1.81 bits per heavy atom. The second-order valence-electron chi connectivity index (χ2n) is 7.17. The van der Waals surface area contributed by atoms with E-state index in [1.165, 1.54) is 19.3 Å². The lowest BCUT2D eigenvalue weighted by Gasteiger charge is -2.25. The van der Waals surface area contributed by atoms with E-state index in [4.69, 9.17) is 0 Å². The number of aromatic amines is 1. The molecule has 3 aromatic rings. The fourth-order valence-electron chi connectivity index (χ4n) is 3.46. The first-order chi connectivity index (χ1) is 13.0. The number of piperidine rings is 1. The lowest BCUT2D eigenvalue weighted by Crippen LogP contribution is -2.29. The Kier molecular flexibility index (Phi) is 4.88. The van der Waals surface area contributed by atoms with Gasteiger partial charge in [0.25, 0.3) is 10.0 Å². The number of rotatable bonds is 5. The van der Waals surface area contributed by atoms with Gasteiger partial charge in [-0.05, 0) is 63.2 Å². The second kappa shape index (κ2) is 7.32. The van der Waals surface area contributed by atoms with Crippen LogP contribution in [-0.2, 0) is 16.6 Å². The summed E-state index contributed by atoms with van der Waals surface area (Å²) in [4.78, 5) is 10.6. The maximum absolute atomic E-state index is 12.6. The number of H-pyrrole nitrogens is 1. The Hall–Kier alpha value is -2.38. The molecule has 0 radical (unpaired) electrons. The van der Waals surface area contributed by atoms with Gasteiger partial charge in [-0.3, -0.25) is 9.62 Å². The van der Waals surface area contributed by atoms with Gasteiger partial charge >= 0.3 is 0 Å². The molecule has 142 valence electrons. The number of nitrogens with one attached hydrogen (secondary N) is 2. The number of benzene rings is 2. The maximum atomic E-state index is 12.6. The fourth-order valence-corrected chi connectivity index (χ4v) is 4.51. The van der Waals surface area contributed by atoms with Crippen molar-refractivity contribution in [3.05, 3.63) is 53.9 Å². The number of anilines is 1. The van der Waals surface area contributed by atoms with E-state index < -0.39 is 10.0 Å². The normalized spacial score (nSPS) is 15.9. The van der Waals surface area contributed by atoms with Crippen molar-refractivity contribution in [1.29, 1.82) is 0 Å². The van der Waals surface area contributed by atoms with E-state index >= 15 is 0 Å². The van der Waals surface area contributed by atoms with Crippen molar-refractivity contribution < 1.29 is 8.42 Å². The molecule has 0 amide bonds. The summed E-state index contributed by atoms with van der Waals surface area (Å²) in [5.41, 5.74) is 3.23.